The highest BCUT2D eigenvalue weighted by atomic mass is 32.1. The van der Waals surface area contributed by atoms with Gasteiger partial charge >= 0.3 is 0 Å². The van der Waals surface area contributed by atoms with Gasteiger partial charge in [-0.05, 0) is 37.3 Å². The van der Waals surface area contributed by atoms with Crippen molar-refractivity contribution in [1.82, 2.24) is 4.90 Å². The van der Waals surface area contributed by atoms with Gasteiger partial charge in [-0.25, -0.2) is 0 Å². The van der Waals surface area contributed by atoms with Crippen LogP contribution in [0.1, 0.15) is 45.4 Å². The molecule has 0 saturated heterocycles. The number of carbonyl (C=O) groups is 3. The zero-order chi connectivity index (χ0) is 19.3. The molecule has 26 heavy (non-hydrogen) atoms. The van der Waals surface area contributed by atoms with Gasteiger partial charge < -0.3 is 16.0 Å². The Morgan fingerprint density at radius 3 is 2.58 bits per heavy atom. The molecule has 3 amide bonds. The molecule has 0 aromatic carbocycles. The summed E-state index contributed by atoms with van der Waals surface area (Å²) in [4.78, 5) is 40.0. The smallest absolute Gasteiger partial charge is 0.251 e. The molecule has 2 aromatic heterocycles. The highest BCUT2D eigenvalue weighted by molar-refractivity contribution is 7.16. The van der Waals surface area contributed by atoms with Gasteiger partial charge in [-0.3, -0.25) is 14.4 Å². The second-order valence-corrected chi connectivity index (χ2v) is 8.24. The Labute approximate surface area is 161 Å². The van der Waals surface area contributed by atoms with E-state index in [4.69, 9.17) is 5.73 Å². The number of anilines is 1. The lowest BCUT2D eigenvalue weighted by molar-refractivity contribution is -0.135. The second kappa shape index (κ2) is 8.95. The Bertz CT molecular complexity index is 797. The van der Waals surface area contributed by atoms with Crippen molar-refractivity contribution < 1.29 is 14.4 Å². The van der Waals surface area contributed by atoms with Crippen molar-refractivity contribution in [2.45, 2.75) is 40.2 Å². The van der Waals surface area contributed by atoms with E-state index in [0.717, 1.165) is 21.7 Å². The minimum Gasteiger partial charge on any atom is -0.365 e. The van der Waals surface area contributed by atoms with Gasteiger partial charge in [-0.15, -0.1) is 22.7 Å². The maximum Gasteiger partial charge on any atom is 0.251 e. The van der Waals surface area contributed by atoms with Crippen LogP contribution in [0.5, 0.6) is 0 Å². The largest absolute Gasteiger partial charge is 0.365 e. The molecule has 2 heterocycles. The molecular weight excluding hydrogens is 370 g/mol. The number of thiophene rings is 2. The minimum absolute atomic E-state index is 0.0646. The van der Waals surface area contributed by atoms with Gasteiger partial charge in [-0.1, -0.05) is 13.0 Å². The Balaban J connectivity index is 2.13. The van der Waals surface area contributed by atoms with E-state index in [2.05, 4.69) is 5.32 Å². The molecule has 6 nitrogen and oxygen atoms in total. The first kappa shape index (κ1) is 20.1. The molecule has 0 fully saturated rings. The zero-order valence-corrected chi connectivity index (χ0v) is 16.8. The summed E-state index contributed by atoms with van der Waals surface area (Å²) in [6, 6.07) is 3.85. The van der Waals surface area contributed by atoms with Crippen molar-refractivity contribution in [3.63, 3.8) is 0 Å². The van der Waals surface area contributed by atoms with Crippen LogP contribution in [-0.2, 0) is 16.1 Å². The molecule has 0 aliphatic carbocycles. The van der Waals surface area contributed by atoms with Crippen LogP contribution in [0.25, 0.3) is 0 Å². The molecule has 2 rings (SSSR count). The Morgan fingerprint density at radius 2 is 2.00 bits per heavy atom. The number of nitrogens with two attached hydrogens (primary N) is 1. The molecule has 140 valence electrons. The van der Waals surface area contributed by atoms with E-state index in [1.54, 1.807) is 23.2 Å². The van der Waals surface area contributed by atoms with Gasteiger partial charge in [-0.2, -0.15) is 0 Å². The summed E-state index contributed by atoms with van der Waals surface area (Å²) in [6.45, 7) is 5.93. The third-order valence-corrected chi connectivity index (χ3v) is 5.95. The average molecular weight is 394 g/mol. The first-order valence-electron chi connectivity index (χ1n) is 8.33. The lowest BCUT2D eigenvalue weighted by atomic mass is 10.1. The SMILES string of the molecule is CCCC(=O)N(CC(=O)Nc1sc(C)c(C)c1C(N)=O)Cc1cccs1. The first-order chi connectivity index (χ1) is 12.3. The summed E-state index contributed by atoms with van der Waals surface area (Å²) in [5.41, 5.74) is 6.55. The van der Waals surface area contributed by atoms with Crippen molar-refractivity contribution in [2.75, 3.05) is 11.9 Å². The normalized spacial score (nSPS) is 10.6. The van der Waals surface area contributed by atoms with Crippen LogP contribution in [0.4, 0.5) is 5.00 Å². The molecule has 0 aliphatic heterocycles. The fourth-order valence-electron chi connectivity index (χ4n) is 2.55. The zero-order valence-electron chi connectivity index (χ0n) is 15.1. The summed E-state index contributed by atoms with van der Waals surface area (Å²) >= 11 is 2.86. The topological polar surface area (TPSA) is 92.5 Å². The quantitative estimate of drug-likeness (QED) is 0.721. The van der Waals surface area contributed by atoms with Gasteiger partial charge in [0, 0.05) is 16.2 Å². The van der Waals surface area contributed by atoms with Crippen molar-refractivity contribution in [2.24, 2.45) is 5.73 Å². The molecule has 2 aromatic rings. The fourth-order valence-corrected chi connectivity index (χ4v) is 4.35. The van der Waals surface area contributed by atoms with Crippen molar-refractivity contribution in [1.29, 1.82) is 0 Å². The maximum absolute atomic E-state index is 12.5. The first-order valence-corrected chi connectivity index (χ1v) is 10.0. The number of amides is 3. The van der Waals surface area contributed by atoms with E-state index in [0.29, 0.717) is 23.5 Å². The molecule has 0 unspecified atom stereocenters. The van der Waals surface area contributed by atoms with Gasteiger partial charge in [0.15, 0.2) is 0 Å². The van der Waals surface area contributed by atoms with Crippen LogP contribution in [-0.4, -0.2) is 29.2 Å². The van der Waals surface area contributed by atoms with Gasteiger partial charge in [0.05, 0.1) is 12.1 Å². The van der Waals surface area contributed by atoms with Crippen LogP contribution in [0, 0.1) is 13.8 Å². The molecular formula is C18H23N3O3S2. The molecule has 0 atom stereocenters. The van der Waals surface area contributed by atoms with Crippen LogP contribution < -0.4 is 11.1 Å². The van der Waals surface area contributed by atoms with Crippen molar-refractivity contribution in [3.05, 3.63) is 38.4 Å². The Morgan fingerprint density at radius 1 is 1.27 bits per heavy atom. The van der Waals surface area contributed by atoms with E-state index in [1.807, 2.05) is 31.4 Å². The highest BCUT2D eigenvalue weighted by Crippen LogP contribution is 2.32. The third kappa shape index (κ3) is 4.92. The van der Waals surface area contributed by atoms with Gasteiger partial charge in [0.2, 0.25) is 11.8 Å². The van der Waals surface area contributed by atoms with E-state index in [1.165, 1.54) is 11.3 Å². The van der Waals surface area contributed by atoms with Crippen molar-refractivity contribution in [3.8, 4) is 0 Å². The lowest BCUT2D eigenvalue weighted by Crippen LogP contribution is -2.37. The molecule has 8 heteroatoms. The Hall–Kier alpha value is -2.19. The number of hydrogen-bond donors (Lipinski definition) is 2. The molecule has 0 bridgehead atoms. The van der Waals surface area contributed by atoms with E-state index in [-0.39, 0.29) is 18.4 Å². The van der Waals surface area contributed by atoms with Crippen LogP contribution >= 0.6 is 22.7 Å². The number of carbonyl (C=O) groups excluding carboxylic acids is 3. The highest BCUT2D eigenvalue weighted by Gasteiger charge is 2.22. The summed E-state index contributed by atoms with van der Waals surface area (Å²) in [5.74, 6) is -0.973. The number of nitrogens with one attached hydrogen (secondary N) is 1. The number of aryl methyl sites for hydroxylation is 1. The molecule has 0 radical (unpaired) electrons. The summed E-state index contributed by atoms with van der Waals surface area (Å²) in [6.07, 6.45) is 1.11. The summed E-state index contributed by atoms with van der Waals surface area (Å²) in [5, 5.41) is 5.13. The third-order valence-electron chi connectivity index (χ3n) is 3.96. The summed E-state index contributed by atoms with van der Waals surface area (Å²) < 4.78 is 0. The maximum atomic E-state index is 12.5. The number of primary amides is 1. The van der Waals surface area contributed by atoms with E-state index < -0.39 is 5.91 Å². The lowest BCUT2D eigenvalue weighted by Gasteiger charge is -2.21. The van der Waals surface area contributed by atoms with Crippen LogP contribution in [0.15, 0.2) is 17.5 Å². The minimum atomic E-state index is -0.570. The molecule has 3 N–H and O–H groups in total. The predicted octanol–water partition coefficient (Wildman–Crippen LogP) is 3.29. The number of nitrogens with zero attached hydrogens (tertiary/aromatic N) is 1. The van der Waals surface area contributed by atoms with Gasteiger partial charge in [0.1, 0.15) is 11.5 Å². The molecule has 0 saturated carbocycles. The predicted molar refractivity (Wildman–Crippen MR) is 106 cm³/mol. The fraction of sp³-hybridized carbons (Fsp3) is 0.389. The Kier molecular flexibility index (Phi) is 6.93. The number of rotatable bonds is 8. The standard InChI is InChI=1S/C18H23N3O3S2/c1-4-6-15(23)21(9-13-7-5-8-25-13)10-14(22)20-18-16(17(19)24)11(2)12(3)26-18/h5,7-8H,4,6,9-10H2,1-3H3,(H2,19,24)(H,20,22). The monoisotopic (exact) mass is 393 g/mol. The van der Waals surface area contributed by atoms with E-state index in [9.17, 15) is 14.4 Å². The molecule has 0 aliphatic rings. The second-order valence-electron chi connectivity index (χ2n) is 5.98. The number of hydrogen-bond acceptors (Lipinski definition) is 5. The van der Waals surface area contributed by atoms with Gasteiger partial charge in [0.25, 0.3) is 5.91 Å². The van der Waals surface area contributed by atoms with Crippen molar-refractivity contribution >= 4 is 45.4 Å². The van der Waals surface area contributed by atoms with Crippen LogP contribution in [0.2, 0.25) is 0 Å². The van der Waals surface area contributed by atoms with E-state index >= 15 is 0 Å². The molecule has 0 spiro atoms. The average Bonchev–Trinajstić information content (AvgIpc) is 3.15. The summed E-state index contributed by atoms with van der Waals surface area (Å²) in [7, 11) is 0. The van der Waals surface area contributed by atoms with Crippen LogP contribution in [0.3, 0.4) is 0 Å².